The lowest BCUT2D eigenvalue weighted by atomic mass is 10.1. The standard InChI is InChI=1S/C12H8Br2Si/c13-7-1-3-9-10-4-2-8(14)6-12(10)15-11(9)5-7/h1-6H,15H2. The van der Waals surface area contributed by atoms with Crippen molar-refractivity contribution in [3.8, 4) is 11.1 Å². The first-order chi connectivity index (χ1) is 7.24. The summed E-state index contributed by atoms with van der Waals surface area (Å²) in [4.78, 5) is 0. The summed E-state index contributed by atoms with van der Waals surface area (Å²) in [6.07, 6.45) is 0. The summed E-state index contributed by atoms with van der Waals surface area (Å²) in [6.45, 7) is 0. The molecule has 0 spiro atoms. The normalized spacial score (nSPS) is 12.4. The van der Waals surface area contributed by atoms with Crippen molar-refractivity contribution in [2.75, 3.05) is 0 Å². The summed E-state index contributed by atoms with van der Waals surface area (Å²) in [5.74, 6) is 0. The zero-order valence-electron chi connectivity index (χ0n) is 7.93. The van der Waals surface area contributed by atoms with Crippen molar-refractivity contribution in [3.05, 3.63) is 45.3 Å². The van der Waals surface area contributed by atoms with E-state index < -0.39 is 0 Å². The van der Waals surface area contributed by atoms with Crippen LogP contribution < -0.4 is 10.4 Å². The van der Waals surface area contributed by atoms with Gasteiger partial charge in [-0.2, -0.15) is 0 Å². The zero-order valence-corrected chi connectivity index (χ0v) is 12.5. The van der Waals surface area contributed by atoms with Crippen molar-refractivity contribution in [2.45, 2.75) is 0 Å². The number of fused-ring (bicyclic) bond motifs is 3. The van der Waals surface area contributed by atoms with Gasteiger partial charge in [0.1, 0.15) is 0 Å². The molecule has 0 aliphatic carbocycles. The van der Waals surface area contributed by atoms with E-state index in [9.17, 15) is 0 Å². The van der Waals surface area contributed by atoms with Crippen molar-refractivity contribution < 1.29 is 0 Å². The van der Waals surface area contributed by atoms with Crippen LogP contribution in [0.1, 0.15) is 0 Å². The Morgan fingerprint density at radius 2 is 1.20 bits per heavy atom. The molecule has 0 aromatic heterocycles. The number of hydrogen-bond acceptors (Lipinski definition) is 0. The van der Waals surface area contributed by atoms with E-state index in [-0.39, 0.29) is 9.52 Å². The highest BCUT2D eigenvalue weighted by atomic mass is 79.9. The van der Waals surface area contributed by atoms with Crippen LogP contribution in [0.4, 0.5) is 0 Å². The third kappa shape index (κ3) is 1.63. The molecule has 0 unspecified atom stereocenters. The Kier molecular flexibility index (Phi) is 2.34. The van der Waals surface area contributed by atoms with E-state index in [1.165, 1.54) is 20.1 Å². The molecule has 0 nitrogen and oxygen atoms in total. The molecule has 2 aromatic rings. The quantitative estimate of drug-likeness (QED) is 0.551. The van der Waals surface area contributed by atoms with Crippen LogP contribution in [-0.4, -0.2) is 9.52 Å². The van der Waals surface area contributed by atoms with Gasteiger partial charge in [0.05, 0.1) is 9.52 Å². The van der Waals surface area contributed by atoms with Crippen LogP contribution >= 0.6 is 31.9 Å². The van der Waals surface area contributed by atoms with Crippen molar-refractivity contribution in [1.82, 2.24) is 0 Å². The monoisotopic (exact) mass is 338 g/mol. The first-order valence-electron chi connectivity index (χ1n) is 4.81. The molecular formula is C12H8Br2Si. The highest BCUT2D eigenvalue weighted by Gasteiger charge is 2.18. The molecule has 15 heavy (non-hydrogen) atoms. The van der Waals surface area contributed by atoms with Crippen LogP contribution in [-0.2, 0) is 0 Å². The van der Waals surface area contributed by atoms with Gasteiger partial charge in [-0.15, -0.1) is 0 Å². The molecule has 0 radical (unpaired) electrons. The van der Waals surface area contributed by atoms with Crippen molar-refractivity contribution >= 4 is 51.8 Å². The molecule has 0 fully saturated rings. The van der Waals surface area contributed by atoms with Gasteiger partial charge in [-0.3, -0.25) is 0 Å². The van der Waals surface area contributed by atoms with E-state index in [0.717, 1.165) is 0 Å². The molecule has 0 atom stereocenters. The molecule has 1 aliphatic heterocycles. The van der Waals surface area contributed by atoms with Crippen LogP contribution in [0.3, 0.4) is 0 Å². The first kappa shape index (κ1) is 9.82. The SMILES string of the molecule is Brc1ccc2c(c1)[SiH2]c1cc(Br)ccc1-2. The number of hydrogen-bond donors (Lipinski definition) is 0. The summed E-state index contributed by atoms with van der Waals surface area (Å²) >= 11 is 7.07. The largest absolute Gasteiger partial charge is 0.0892 e. The topological polar surface area (TPSA) is 0 Å². The summed E-state index contributed by atoms with van der Waals surface area (Å²) < 4.78 is 2.39. The van der Waals surface area contributed by atoms with Gasteiger partial charge in [-0.25, -0.2) is 0 Å². The molecular weight excluding hydrogens is 332 g/mol. The maximum Gasteiger partial charge on any atom is 0.0892 e. The fourth-order valence-electron chi connectivity index (χ4n) is 2.15. The lowest BCUT2D eigenvalue weighted by molar-refractivity contribution is 1.65. The molecule has 0 saturated heterocycles. The van der Waals surface area contributed by atoms with Gasteiger partial charge in [0.2, 0.25) is 0 Å². The molecule has 2 aromatic carbocycles. The van der Waals surface area contributed by atoms with Gasteiger partial charge in [-0.1, -0.05) is 54.4 Å². The Balaban J connectivity index is 2.24. The Hall–Kier alpha value is -0.383. The van der Waals surface area contributed by atoms with E-state index in [4.69, 9.17) is 0 Å². The average molecular weight is 340 g/mol. The summed E-state index contributed by atoms with van der Waals surface area (Å²) in [7, 11) is -0.263. The Bertz CT molecular complexity index is 500. The second-order valence-electron chi connectivity index (χ2n) is 3.78. The van der Waals surface area contributed by atoms with Crippen LogP contribution in [0.25, 0.3) is 11.1 Å². The van der Waals surface area contributed by atoms with E-state index in [1.807, 2.05) is 0 Å². The second kappa shape index (κ2) is 3.58. The predicted octanol–water partition coefficient (Wildman–Crippen LogP) is 2.31. The van der Waals surface area contributed by atoms with Gasteiger partial charge in [0, 0.05) is 8.95 Å². The van der Waals surface area contributed by atoms with Crippen LogP contribution in [0.2, 0.25) is 0 Å². The predicted molar refractivity (Wildman–Crippen MR) is 75.1 cm³/mol. The van der Waals surface area contributed by atoms with Gasteiger partial charge < -0.3 is 0 Å². The fraction of sp³-hybridized carbons (Fsp3) is 0. The van der Waals surface area contributed by atoms with Crippen LogP contribution in [0, 0.1) is 0 Å². The molecule has 0 bridgehead atoms. The number of benzene rings is 2. The van der Waals surface area contributed by atoms with Crippen LogP contribution in [0.15, 0.2) is 45.3 Å². The fourth-order valence-corrected chi connectivity index (χ4v) is 5.61. The van der Waals surface area contributed by atoms with Crippen molar-refractivity contribution in [1.29, 1.82) is 0 Å². The third-order valence-electron chi connectivity index (χ3n) is 2.81. The zero-order chi connectivity index (χ0) is 10.4. The Morgan fingerprint density at radius 3 is 1.67 bits per heavy atom. The minimum absolute atomic E-state index is 0.263. The lowest BCUT2D eigenvalue weighted by Gasteiger charge is -2.01. The third-order valence-corrected chi connectivity index (χ3v) is 5.72. The number of halogens is 2. The minimum Gasteiger partial charge on any atom is -0.0534 e. The molecule has 1 aliphatic rings. The highest BCUT2D eigenvalue weighted by Crippen LogP contribution is 2.24. The second-order valence-corrected chi connectivity index (χ2v) is 7.49. The average Bonchev–Trinajstić information content (AvgIpc) is 2.53. The maximum atomic E-state index is 3.54. The molecule has 1 heterocycles. The van der Waals surface area contributed by atoms with E-state index in [1.54, 1.807) is 10.4 Å². The summed E-state index contributed by atoms with van der Waals surface area (Å²) in [6, 6.07) is 13.3. The smallest absolute Gasteiger partial charge is 0.0534 e. The van der Waals surface area contributed by atoms with Gasteiger partial charge in [0.15, 0.2) is 0 Å². The summed E-state index contributed by atoms with van der Waals surface area (Å²) in [5.41, 5.74) is 2.87. The van der Waals surface area contributed by atoms with Crippen LogP contribution in [0.5, 0.6) is 0 Å². The summed E-state index contributed by atoms with van der Waals surface area (Å²) in [5, 5.41) is 3.11. The van der Waals surface area contributed by atoms with Gasteiger partial charge in [0.25, 0.3) is 0 Å². The molecule has 74 valence electrons. The van der Waals surface area contributed by atoms with Crippen molar-refractivity contribution in [2.24, 2.45) is 0 Å². The van der Waals surface area contributed by atoms with Gasteiger partial charge >= 0.3 is 0 Å². The molecule has 0 saturated carbocycles. The Labute approximate surface area is 108 Å². The van der Waals surface area contributed by atoms with E-state index in [2.05, 4.69) is 68.3 Å². The minimum atomic E-state index is -0.263. The number of rotatable bonds is 0. The molecule has 3 heteroatoms. The highest BCUT2D eigenvalue weighted by molar-refractivity contribution is 9.10. The van der Waals surface area contributed by atoms with E-state index in [0.29, 0.717) is 0 Å². The Morgan fingerprint density at radius 1 is 0.733 bits per heavy atom. The maximum absolute atomic E-state index is 3.54. The van der Waals surface area contributed by atoms with Crippen molar-refractivity contribution in [3.63, 3.8) is 0 Å². The van der Waals surface area contributed by atoms with Gasteiger partial charge in [-0.05, 0) is 35.4 Å². The molecule has 3 rings (SSSR count). The lowest BCUT2D eigenvalue weighted by Crippen LogP contribution is -2.20. The molecule has 0 N–H and O–H groups in total. The van der Waals surface area contributed by atoms with E-state index >= 15 is 0 Å². The molecule has 0 amide bonds. The first-order valence-corrected chi connectivity index (χ1v) is 7.81.